The normalized spacial score (nSPS) is 10.4. The third-order valence-electron chi connectivity index (χ3n) is 1.44. The molecule has 0 radical (unpaired) electrons. The second-order valence-electron chi connectivity index (χ2n) is 2.95. The van der Waals surface area contributed by atoms with Crippen LogP contribution in [0.4, 0.5) is 0 Å². The largest absolute Gasteiger partial charge is 0.384 e. The van der Waals surface area contributed by atoms with Crippen molar-refractivity contribution in [3.8, 4) is 0 Å². The molecule has 13 heavy (non-hydrogen) atoms. The molecule has 0 saturated carbocycles. The number of hydrogen-bond acceptors (Lipinski definition) is 3. The summed E-state index contributed by atoms with van der Waals surface area (Å²) in [5.74, 6) is 0.102. The summed E-state index contributed by atoms with van der Waals surface area (Å²) in [5.41, 5.74) is 6.20. The smallest absolute Gasteiger partial charge is 0.124 e. The van der Waals surface area contributed by atoms with Crippen molar-refractivity contribution in [1.82, 2.24) is 4.98 Å². The highest BCUT2D eigenvalue weighted by molar-refractivity contribution is 8.00. The van der Waals surface area contributed by atoms with E-state index in [9.17, 15) is 0 Å². The summed E-state index contributed by atoms with van der Waals surface area (Å²) in [6.45, 7) is 4.20. The van der Waals surface area contributed by atoms with Gasteiger partial charge in [0, 0.05) is 28.1 Å². The lowest BCUT2D eigenvalue weighted by molar-refractivity contribution is 1.10. The summed E-state index contributed by atoms with van der Waals surface area (Å²) in [6.07, 6.45) is 3.41. The molecule has 0 aliphatic rings. The molecule has 0 unspecified atom stereocenters. The van der Waals surface area contributed by atoms with Crippen molar-refractivity contribution in [2.45, 2.75) is 24.0 Å². The molecule has 70 valence electrons. The van der Waals surface area contributed by atoms with Crippen molar-refractivity contribution >= 4 is 17.6 Å². The van der Waals surface area contributed by atoms with Crippen molar-refractivity contribution in [3.63, 3.8) is 0 Å². The van der Waals surface area contributed by atoms with Crippen molar-refractivity contribution in [1.29, 1.82) is 5.41 Å². The van der Waals surface area contributed by atoms with Crippen LogP contribution in [0.3, 0.4) is 0 Å². The van der Waals surface area contributed by atoms with Gasteiger partial charge in [0.15, 0.2) is 0 Å². The molecule has 1 aromatic heterocycles. The van der Waals surface area contributed by atoms with E-state index >= 15 is 0 Å². The van der Waals surface area contributed by atoms with Crippen molar-refractivity contribution in [3.05, 3.63) is 24.0 Å². The summed E-state index contributed by atoms with van der Waals surface area (Å²) in [6, 6.07) is 1.77. The van der Waals surface area contributed by atoms with Crippen molar-refractivity contribution in [2.75, 3.05) is 0 Å². The Morgan fingerprint density at radius 2 is 2.31 bits per heavy atom. The molecule has 1 aromatic rings. The highest BCUT2D eigenvalue weighted by Gasteiger charge is 2.06. The van der Waals surface area contributed by atoms with E-state index in [1.165, 1.54) is 0 Å². The number of amidine groups is 1. The number of nitrogens with two attached hydrogens (primary N) is 1. The molecule has 0 amide bonds. The minimum Gasteiger partial charge on any atom is -0.384 e. The molecule has 0 fully saturated rings. The van der Waals surface area contributed by atoms with Crippen LogP contribution in [-0.2, 0) is 0 Å². The molecule has 0 spiro atoms. The second-order valence-corrected chi connectivity index (χ2v) is 4.57. The molecule has 1 rings (SSSR count). The predicted molar refractivity (Wildman–Crippen MR) is 56.2 cm³/mol. The number of thioether (sulfide) groups is 1. The summed E-state index contributed by atoms with van der Waals surface area (Å²) in [7, 11) is 0. The lowest BCUT2D eigenvalue weighted by Crippen LogP contribution is -2.12. The fraction of sp³-hybridized carbons (Fsp3) is 0.333. The van der Waals surface area contributed by atoms with Crippen molar-refractivity contribution < 1.29 is 0 Å². The van der Waals surface area contributed by atoms with E-state index in [4.69, 9.17) is 11.1 Å². The number of aromatic nitrogens is 1. The number of nitrogens with zero attached hydrogens (tertiary/aromatic N) is 1. The molecular weight excluding hydrogens is 182 g/mol. The highest BCUT2D eigenvalue weighted by Crippen LogP contribution is 2.25. The number of nitrogen functional groups attached to an aromatic ring is 1. The fourth-order valence-corrected chi connectivity index (χ4v) is 1.88. The van der Waals surface area contributed by atoms with Crippen LogP contribution in [0.25, 0.3) is 0 Å². The Hall–Kier alpha value is -1.03. The first-order chi connectivity index (χ1) is 6.11. The summed E-state index contributed by atoms with van der Waals surface area (Å²) < 4.78 is 0. The van der Waals surface area contributed by atoms with Crippen LogP contribution >= 0.6 is 11.8 Å². The number of rotatable bonds is 3. The standard InChI is InChI=1S/C9H13N3S/c1-6(2)13-8-5-12-4-3-7(8)9(10)11/h3-6H,1-2H3,(H3,10,11). The van der Waals surface area contributed by atoms with Gasteiger partial charge in [-0.15, -0.1) is 11.8 Å². The lowest BCUT2D eigenvalue weighted by Gasteiger charge is -2.08. The zero-order valence-electron chi connectivity index (χ0n) is 7.74. The van der Waals surface area contributed by atoms with Gasteiger partial charge >= 0.3 is 0 Å². The van der Waals surface area contributed by atoms with Crippen molar-refractivity contribution in [2.24, 2.45) is 5.73 Å². The van der Waals surface area contributed by atoms with Gasteiger partial charge in [0.05, 0.1) is 0 Å². The predicted octanol–water partition coefficient (Wildman–Crippen LogP) is 1.87. The van der Waals surface area contributed by atoms with Crippen LogP contribution in [0.2, 0.25) is 0 Å². The Balaban J connectivity index is 2.98. The zero-order valence-corrected chi connectivity index (χ0v) is 8.56. The van der Waals surface area contributed by atoms with Gasteiger partial charge in [-0.1, -0.05) is 13.8 Å². The van der Waals surface area contributed by atoms with Crippen LogP contribution in [0.1, 0.15) is 19.4 Å². The maximum Gasteiger partial charge on any atom is 0.124 e. The van der Waals surface area contributed by atoms with Gasteiger partial charge in [-0.05, 0) is 6.07 Å². The van der Waals surface area contributed by atoms with E-state index in [1.54, 1.807) is 30.2 Å². The minimum atomic E-state index is 0.102. The fourth-order valence-electron chi connectivity index (χ4n) is 0.950. The number of nitrogens with one attached hydrogen (secondary N) is 1. The van der Waals surface area contributed by atoms with Crippen LogP contribution in [-0.4, -0.2) is 16.1 Å². The molecule has 0 aliphatic heterocycles. The third-order valence-corrected chi connectivity index (χ3v) is 2.49. The van der Waals surface area contributed by atoms with E-state index in [0.29, 0.717) is 5.25 Å². The lowest BCUT2D eigenvalue weighted by atomic mass is 10.2. The Kier molecular flexibility index (Phi) is 3.31. The molecule has 3 nitrogen and oxygen atoms in total. The minimum absolute atomic E-state index is 0.102. The first-order valence-electron chi connectivity index (χ1n) is 4.06. The van der Waals surface area contributed by atoms with Crippen LogP contribution in [0.15, 0.2) is 23.4 Å². The van der Waals surface area contributed by atoms with Crippen LogP contribution < -0.4 is 5.73 Å². The topological polar surface area (TPSA) is 62.8 Å². The second kappa shape index (κ2) is 4.28. The quantitative estimate of drug-likeness (QED) is 0.439. The monoisotopic (exact) mass is 195 g/mol. The van der Waals surface area contributed by atoms with E-state index in [1.807, 2.05) is 0 Å². The maximum absolute atomic E-state index is 7.36. The van der Waals surface area contributed by atoms with Gasteiger partial charge in [0.1, 0.15) is 5.84 Å². The van der Waals surface area contributed by atoms with Gasteiger partial charge in [0.25, 0.3) is 0 Å². The molecule has 0 saturated heterocycles. The summed E-state index contributed by atoms with van der Waals surface area (Å²) in [5, 5.41) is 7.83. The average molecular weight is 195 g/mol. The zero-order chi connectivity index (χ0) is 9.84. The molecule has 4 heteroatoms. The highest BCUT2D eigenvalue weighted by atomic mass is 32.2. The molecule has 0 atom stereocenters. The van der Waals surface area contributed by atoms with Gasteiger partial charge in [-0.25, -0.2) is 0 Å². The van der Waals surface area contributed by atoms with E-state index in [0.717, 1.165) is 10.5 Å². The van der Waals surface area contributed by atoms with Crippen LogP contribution in [0, 0.1) is 5.41 Å². The third kappa shape index (κ3) is 2.73. The maximum atomic E-state index is 7.36. The molecule has 0 aromatic carbocycles. The molecule has 0 bridgehead atoms. The SMILES string of the molecule is CC(C)Sc1cnccc1C(=N)N. The molecule has 3 N–H and O–H groups in total. The van der Waals surface area contributed by atoms with Gasteiger partial charge in [0.2, 0.25) is 0 Å². The molecule has 1 heterocycles. The summed E-state index contributed by atoms with van der Waals surface area (Å²) in [4.78, 5) is 4.98. The van der Waals surface area contributed by atoms with E-state index in [-0.39, 0.29) is 5.84 Å². The molecule has 0 aliphatic carbocycles. The van der Waals surface area contributed by atoms with Gasteiger partial charge in [-0.3, -0.25) is 10.4 Å². The number of pyridine rings is 1. The Labute approximate surface area is 82.3 Å². The van der Waals surface area contributed by atoms with Gasteiger partial charge < -0.3 is 5.73 Å². The Morgan fingerprint density at radius 3 is 2.85 bits per heavy atom. The number of hydrogen-bond donors (Lipinski definition) is 2. The van der Waals surface area contributed by atoms with E-state index < -0.39 is 0 Å². The van der Waals surface area contributed by atoms with E-state index in [2.05, 4.69) is 18.8 Å². The first kappa shape index (κ1) is 10.1. The van der Waals surface area contributed by atoms with Gasteiger partial charge in [-0.2, -0.15) is 0 Å². The summed E-state index contributed by atoms with van der Waals surface area (Å²) >= 11 is 1.67. The Morgan fingerprint density at radius 1 is 1.62 bits per heavy atom. The molecular formula is C9H13N3S. The first-order valence-corrected chi connectivity index (χ1v) is 4.94. The van der Waals surface area contributed by atoms with Crippen LogP contribution in [0.5, 0.6) is 0 Å². The average Bonchev–Trinajstić information content (AvgIpc) is 2.03. The Bertz CT molecular complexity index is 309.